The fourth-order valence-corrected chi connectivity index (χ4v) is 1.38. The highest BCUT2D eigenvalue weighted by Crippen LogP contribution is 2.17. The molecule has 0 atom stereocenters. The molecule has 0 saturated heterocycles. The summed E-state index contributed by atoms with van der Waals surface area (Å²) < 4.78 is 13.8. The number of carbonyl (C=O) groups is 1. The molecule has 1 aromatic heterocycles. The minimum atomic E-state index is -0.504. The lowest BCUT2D eigenvalue weighted by Gasteiger charge is -2.06. The molecule has 1 heterocycles. The van der Waals surface area contributed by atoms with Crippen molar-refractivity contribution in [1.29, 1.82) is 0 Å². The Morgan fingerprint density at radius 1 is 1.67 bits per heavy atom. The van der Waals surface area contributed by atoms with Crippen molar-refractivity contribution in [3.8, 4) is 0 Å². The summed E-state index contributed by atoms with van der Waals surface area (Å²) in [5, 5.41) is 0. The lowest BCUT2D eigenvalue weighted by Crippen LogP contribution is -2.06. The van der Waals surface area contributed by atoms with Crippen molar-refractivity contribution in [2.24, 2.45) is 0 Å². The molecule has 0 saturated carbocycles. The van der Waals surface area contributed by atoms with E-state index in [4.69, 9.17) is 0 Å². The maximum atomic E-state index is 13.8. The molecule has 1 rings (SSSR count). The molecule has 0 unspecified atom stereocenters. The number of hydrogen-bond acceptors (Lipinski definition) is 2. The average Bonchev–Trinajstić information content (AvgIpc) is 2.18. The topological polar surface area (TPSA) is 30.0 Å². The Bertz CT molecular complexity index is 399. The fraction of sp³-hybridized carbons (Fsp3) is 0.333. The van der Waals surface area contributed by atoms with Gasteiger partial charge in [0.15, 0.2) is 5.78 Å². The lowest BCUT2D eigenvalue weighted by molar-refractivity contribution is 0.0977. The van der Waals surface area contributed by atoms with Crippen molar-refractivity contribution in [2.45, 2.75) is 26.7 Å². The Kier molecular flexibility index (Phi) is 3.72. The van der Waals surface area contributed by atoms with Crippen LogP contribution in [0, 0.1) is 12.7 Å². The minimum Gasteiger partial charge on any atom is -0.294 e. The molecule has 0 amide bonds. The Balaban J connectivity index is 3.21. The van der Waals surface area contributed by atoms with Crippen LogP contribution < -0.4 is 0 Å². The first-order chi connectivity index (χ1) is 7.11. The Labute approximate surface area is 88.8 Å². The summed E-state index contributed by atoms with van der Waals surface area (Å²) in [7, 11) is 0. The Morgan fingerprint density at radius 2 is 2.33 bits per heavy atom. The first-order valence-corrected chi connectivity index (χ1v) is 4.92. The molecule has 0 bridgehead atoms. The van der Waals surface area contributed by atoms with Gasteiger partial charge < -0.3 is 0 Å². The summed E-state index contributed by atoms with van der Waals surface area (Å²) in [5.41, 5.74) is 0.935. The zero-order chi connectivity index (χ0) is 11.4. The van der Waals surface area contributed by atoms with E-state index in [1.165, 1.54) is 12.3 Å². The van der Waals surface area contributed by atoms with E-state index in [2.05, 4.69) is 11.6 Å². The number of carbonyl (C=O) groups excluding carboxylic acids is 1. The molecule has 3 heteroatoms. The number of aryl methyl sites for hydroxylation is 1. The summed E-state index contributed by atoms with van der Waals surface area (Å²) in [4.78, 5) is 15.5. The highest BCUT2D eigenvalue weighted by atomic mass is 19.1. The van der Waals surface area contributed by atoms with E-state index >= 15 is 0 Å². The van der Waals surface area contributed by atoms with Gasteiger partial charge in [-0.05, 0) is 13.3 Å². The van der Waals surface area contributed by atoms with Gasteiger partial charge in [0.2, 0.25) is 0 Å². The van der Waals surface area contributed by atoms with Gasteiger partial charge in [-0.1, -0.05) is 19.6 Å². The van der Waals surface area contributed by atoms with Crippen LogP contribution in [0.5, 0.6) is 0 Å². The van der Waals surface area contributed by atoms with E-state index in [1.54, 1.807) is 6.92 Å². The minimum absolute atomic E-state index is 0.0670. The van der Waals surface area contributed by atoms with Crippen molar-refractivity contribution in [3.05, 3.63) is 35.4 Å². The van der Waals surface area contributed by atoms with Crippen LogP contribution in [0.2, 0.25) is 0 Å². The van der Waals surface area contributed by atoms with Crippen LogP contribution in [-0.2, 0) is 0 Å². The molecule has 0 radical (unpaired) electrons. The van der Waals surface area contributed by atoms with Gasteiger partial charge in [-0.3, -0.25) is 9.78 Å². The molecule has 80 valence electrons. The molecule has 2 nitrogen and oxygen atoms in total. The van der Waals surface area contributed by atoms with Gasteiger partial charge in [-0.2, -0.15) is 0 Å². The zero-order valence-electron chi connectivity index (χ0n) is 9.01. The standard InChI is InChI=1S/C12H14FNO/c1-4-6-11(15)10-7-14-8(3)9(5-2)12(10)13/h5,7H,2,4,6H2,1,3H3. The van der Waals surface area contributed by atoms with Crippen LogP contribution in [0.3, 0.4) is 0 Å². The van der Waals surface area contributed by atoms with Gasteiger partial charge >= 0.3 is 0 Å². The summed E-state index contributed by atoms with van der Waals surface area (Å²) in [6.45, 7) is 7.08. The zero-order valence-corrected chi connectivity index (χ0v) is 9.01. The number of aromatic nitrogens is 1. The quantitative estimate of drug-likeness (QED) is 0.710. The van der Waals surface area contributed by atoms with E-state index in [0.29, 0.717) is 24.1 Å². The highest BCUT2D eigenvalue weighted by molar-refractivity contribution is 5.96. The molecule has 0 aliphatic heterocycles. The first kappa shape index (κ1) is 11.6. The van der Waals surface area contributed by atoms with Crippen molar-refractivity contribution >= 4 is 11.9 Å². The lowest BCUT2D eigenvalue weighted by atomic mass is 10.0. The fourth-order valence-electron chi connectivity index (χ4n) is 1.38. The van der Waals surface area contributed by atoms with E-state index in [-0.39, 0.29) is 11.3 Å². The van der Waals surface area contributed by atoms with Gasteiger partial charge in [0.1, 0.15) is 5.82 Å². The van der Waals surface area contributed by atoms with Crippen molar-refractivity contribution in [2.75, 3.05) is 0 Å². The molecular formula is C12H14FNO. The molecule has 0 aliphatic rings. The number of ketones is 1. The third kappa shape index (κ3) is 2.29. The number of Topliss-reactive ketones (excluding diaryl/α,β-unsaturated/α-hetero) is 1. The molecule has 0 aliphatic carbocycles. The van der Waals surface area contributed by atoms with Gasteiger partial charge in [-0.15, -0.1) is 0 Å². The third-order valence-electron chi connectivity index (χ3n) is 2.23. The normalized spacial score (nSPS) is 10.1. The molecule has 1 aromatic rings. The SMILES string of the molecule is C=Cc1c(C)ncc(C(=O)CCC)c1F. The number of halogens is 1. The summed E-state index contributed by atoms with van der Waals surface area (Å²) in [6, 6.07) is 0. The van der Waals surface area contributed by atoms with E-state index in [9.17, 15) is 9.18 Å². The smallest absolute Gasteiger partial charge is 0.167 e. The van der Waals surface area contributed by atoms with Crippen LogP contribution >= 0.6 is 0 Å². The van der Waals surface area contributed by atoms with Crippen LogP contribution in [-0.4, -0.2) is 10.8 Å². The second-order valence-electron chi connectivity index (χ2n) is 3.36. The molecule has 0 aromatic carbocycles. The van der Waals surface area contributed by atoms with Crippen LogP contribution in [0.1, 0.15) is 41.4 Å². The van der Waals surface area contributed by atoms with Crippen LogP contribution in [0.15, 0.2) is 12.8 Å². The summed E-state index contributed by atoms with van der Waals surface area (Å²) in [6.07, 6.45) is 3.74. The largest absolute Gasteiger partial charge is 0.294 e. The van der Waals surface area contributed by atoms with E-state index in [1.807, 2.05) is 6.92 Å². The van der Waals surface area contributed by atoms with Crippen LogP contribution in [0.4, 0.5) is 4.39 Å². The second kappa shape index (κ2) is 4.82. The average molecular weight is 207 g/mol. The third-order valence-corrected chi connectivity index (χ3v) is 2.23. The van der Waals surface area contributed by atoms with Gasteiger partial charge in [0, 0.05) is 23.9 Å². The van der Waals surface area contributed by atoms with Gasteiger partial charge in [-0.25, -0.2) is 4.39 Å². The number of pyridine rings is 1. The van der Waals surface area contributed by atoms with Crippen molar-refractivity contribution < 1.29 is 9.18 Å². The Morgan fingerprint density at radius 3 is 2.87 bits per heavy atom. The Hall–Kier alpha value is -1.51. The molecule has 0 N–H and O–H groups in total. The maximum Gasteiger partial charge on any atom is 0.167 e. The predicted octanol–water partition coefficient (Wildman–Crippen LogP) is 3.15. The van der Waals surface area contributed by atoms with Crippen LogP contribution in [0.25, 0.3) is 6.08 Å². The molecule has 0 fully saturated rings. The van der Waals surface area contributed by atoms with E-state index in [0.717, 1.165) is 0 Å². The highest BCUT2D eigenvalue weighted by Gasteiger charge is 2.15. The molecular weight excluding hydrogens is 193 g/mol. The summed E-state index contributed by atoms with van der Waals surface area (Å²) >= 11 is 0. The first-order valence-electron chi connectivity index (χ1n) is 4.92. The summed E-state index contributed by atoms with van der Waals surface area (Å²) in [5.74, 6) is -0.707. The monoisotopic (exact) mass is 207 g/mol. The second-order valence-corrected chi connectivity index (χ2v) is 3.36. The van der Waals surface area contributed by atoms with Crippen molar-refractivity contribution in [1.82, 2.24) is 4.98 Å². The number of nitrogens with zero attached hydrogens (tertiary/aromatic N) is 1. The van der Waals surface area contributed by atoms with Gasteiger partial charge in [0.05, 0.1) is 5.56 Å². The van der Waals surface area contributed by atoms with Crippen molar-refractivity contribution in [3.63, 3.8) is 0 Å². The number of hydrogen-bond donors (Lipinski definition) is 0. The maximum absolute atomic E-state index is 13.8. The van der Waals surface area contributed by atoms with Gasteiger partial charge in [0.25, 0.3) is 0 Å². The molecule has 0 spiro atoms. The predicted molar refractivity (Wildman–Crippen MR) is 58.3 cm³/mol. The van der Waals surface area contributed by atoms with E-state index < -0.39 is 5.82 Å². The molecule has 15 heavy (non-hydrogen) atoms. The number of rotatable bonds is 4.